The summed E-state index contributed by atoms with van der Waals surface area (Å²) in [6, 6.07) is -0.177. The summed E-state index contributed by atoms with van der Waals surface area (Å²) in [5.41, 5.74) is -0.0663. The first kappa shape index (κ1) is 16.8. The molecule has 2 N–H and O–H groups in total. The lowest BCUT2D eigenvalue weighted by Gasteiger charge is -2.24. The van der Waals surface area contributed by atoms with E-state index in [1.807, 2.05) is 20.8 Å². The third kappa shape index (κ3) is 5.80. The molecule has 1 aliphatic carbocycles. The van der Waals surface area contributed by atoms with Crippen LogP contribution in [0.1, 0.15) is 40.5 Å². The third-order valence-electron chi connectivity index (χ3n) is 3.84. The summed E-state index contributed by atoms with van der Waals surface area (Å²) in [5.74, 6) is -0.0700. The Hall–Kier alpha value is -1.26. The minimum Gasteiger partial charge on any atom is -0.481 e. The van der Waals surface area contributed by atoms with Crippen LogP contribution >= 0.6 is 0 Å². The first-order valence-electron chi connectivity index (χ1n) is 7.32. The predicted molar refractivity (Wildman–Crippen MR) is 78.5 cm³/mol. The molecule has 0 radical (unpaired) electrons. The normalized spacial score (nSPS) is 23.1. The number of carbonyl (C=O) groups excluding carboxylic acids is 1. The average Bonchev–Trinajstić information content (AvgIpc) is 2.97. The number of carboxylic acids is 1. The fraction of sp³-hybridized carbons (Fsp3) is 0.867. The van der Waals surface area contributed by atoms with Gasteiger partial charge in [0, 0.05) is 20.1 Å². The lowest BCUT2D eigenvalue weighted by molar-refractivity contribution is -0.142. The number of carboxylic acid groups (broad SMARTS) is 1. The number of nitrogens with zero attached hydrogens (tertiary/aromatic N) is 1. The Morgan fingerprint density at radius 3 is 2.35 bits per heavy atom. The van der Waals surface area contributed by atoms with E-state index in [4.69, 9.17) is 0 Å². The Kier molecular flexibility index (Phi) is 5.42. The topological polar surface area (TPSA) is 69.6 Å². The molecule has 5 nitrogen and oxygen atoms in total. The van der Waals surface area contributed by atoms with Gasteiger partial charge in [0.1, 0.15) is 0 Å². The zero-order valence-corrected chi connectivity index (χ0v) is 13.3. The lowest BCUT2D eigenvalue weighted by atomic mass is 9.84. The van der Waals surface area contributed by atoms with Crippen LogP contribution in [0.2, 0.25) is 0 Å². The average molecular weight is 284 g/mol. The Labute approximate surface area is 121 Å². The molecule has 1 aliphatic rings. The zero-order valence-electron chi connectivity index (χ0n) is 13.3. The maximum Gasteiger partial charge on any atom is 0.317 e. The van der Waals surface area contributed by atoms with Crippen LogP contribution in [-0.2, 0) is 4.79 Å². The van der Waals surface area contributed by atoms with Gasteiger partial charge in [-0.1, -0.05) is 27.7 Å². The largest absolute Gasteiger partial charge is 0.481 e. The number of aliphatic carboxylic acids is 1. The van der Waals surface area contributed by atoms with Gasteiger partial charge in [-0.3, -0.25) is 4.79 Å². The number of hydrogen-bond acceptors (Lipinski definition) is 2. The predicted octanol–water partition coefficient (Wildman–Crippen LogP) is 2.42. The summed E-state index contributed by atoms with van der Waals surface area (Å²) in [6.45, 7) is 9.14. The van der Waals surface area contributed by atoms with Crippen LogP contribution in [0.25, 0.3) is 0 Å². The smallest absolute Gasteiger partial charge is 0.317 e. The molecule has 1 rings (SSSR count). The fourth-order valence-corrected chi connectivity index (χ4v) is 2.42. The van der Waals surface area contributed by atoms with Gasteiger partial charge in [-0.2, -0.15) is 0 Å². The van der Waals surface area contributed by atoms with Gasteiger partial charge in [-0.15, -0.1) is 0 Å². The van der Waals surface area contributed by atoms with Crippen molar-refractivity contribution in [2.24, 2.45) is 23.2 Å². The molecule has 0 spiro atoms. The van der Waals surface area contributed by atoms with Crippen LogP contribution in [0.4, 0.5) is 4.79 Å². The van der Waals surface area contributed by atoms with Crippen molar-refractivity contribution in [2.45, 2.75) is 40.5 Å². The molecule has 0 aliphatic heterocycles. The molecule has 0 saturated heterocycles. The molecular formula is C15H28N2O3. The molecule has 0 bridgehead atoms. The van der Waals surface area contributed by atoms with E-state index in [0.717, 1.165) is 6.54 Å². The van der Waals surface area contributed by atoms with Gasteiger partial charge in [-0.05, 0) is 30.1 Å². The third-order valence-corrected chi connectivity index (χ3v) is 3.84. The number of nitrogens with one attached hydrogen (secondary N) is 1. The number of carbonyl (C=O) groups is 2. The molecule has 3 atom stereocenters. The second-order valence-electron chi connectivity index (χ2n) is 7.34. The molecule has 20 heavy (non-hydrogen) atoms. The molecular weight excluding hydrogens is 256 g/mol. The number of urea groups is 1. The van der Waals surface area contributed by atoms with Gasteiger partial charge < -0.3 is 15.3 Å². The molecule has 1 fully saturated rings. The van der Waals surface area contributed by atoms with E-state index >= 15 is 0 Å². The summed E-state index contributed by atoms with van der Waals surface area (Å²) in [5, 5.41) is 12.0. The van der Waals surface area contributed by atoms with Crippen molar-refractivity contribution in [2.75, 3.05) is 20.1 Å². The maximum atomic E-state index is 11.9. The Balaban J connectivity index is 2.38. The van der Waals surface area contributed by atoms with Gasteiger partial charge in [0.25, 0.3) is 0 Å². The maximum absolute atomic E-state index is 11.9. The van der Waals surface area contributed by atoms with Crippen molar-refractivity contribution in [3.8, 4) is 0 Å². The van der Waals surface area contributed by atoms with Gasteiger partial charge in [0.05, 0.1) is 5.92 Å². The minimum absolute atomic E-state index is 0.0663. The monoisotopic (exact) mass is 284 g/mol. The summed E-state index contributed by atoms with van der Waals surface area (Å²) in [7, 11) is 1.76. The van der Waals surface area contributed by atoms with E-state index in [9.17, 15) is 14.7 Å². The molecule has 0 aromatic rings. The summed E-state index contributed by atoms with van der Waals surface area (Å²) >= 11 is 0. The van der Waals surface area contributed by atoms with Crippen LogP contribution < -0.4 is 5.32 Å². The molecule has 116 valence electrons. The molecule has 0 heterocycles. The standard InChI is InChI=1S/C15H28N2O3/c1-10-6-11(10)9-17(5)14(20)16-8-12(13(18)19)7-15(2,3)4/h10-12H,6-9H2,1-5H3,(H,16,20)(H,18,19). The first-order chi connectivity index (χ1) is 9.10. The second-order valence-corrected chi connectivity index (χ2v) is 7.34. The van der Waals surface area contributed by atoms with Crippen molar-refractivity contribution in [3.05, 3.63) is 0 Å². The van der Waals surface area contributed by atoms with Crippen molar-refractivity contribution in [1.82, 2.24) is 10.2 Å². The van der Waals surface area contributed by atoms with Crippen molar-refractivity contribution >= 4 is 12.0 Å². The van der Waals surface area contributed by atoms with Gasteiger partial charge in [0.2, 0.25) is 0 Å². The van der Waals surface area contributed by atoms with Crippen molar-refractivity contribution < 1.29 is 14.7 Å². The van der Waals surface area contributed by atoms with Crippen LogP contribution in [0.15, 0.2) is 0 Å². The lowest BCUT2D eigenvalue weighted by Crippen LogP contribution is -2.42. The molecule has 1 saturated carbocycles. The van der Waals surface area contributed by atoms with Crippen molar-refractivity contribution in [1.29, 1.82) is 0 Å². The fourth-order valence-electron chi connectivity index (χ4n) is 2.42. The highest BCUT2D eigenvalue weighted by molar-refractivity contribution is 5.75. The molecule has 3 unspecified atom stereocenters. The Bertz CT molecular complexity index is 363. The molecule has 2 amide bonds. The van der Waals surface area contributed by atoms with E-state index in [2.05, 4.69) is 12.2 Å². The second kappa shape index (κ2) is 6.46. The molecule has 0 aromatic carbocycles. The van der Waals surface area contributed by atoms with Crippen molar-refractivity contribution in [3.63, 3.8) is 0 Å². The van der Waals surface area contributed by atoms with Crippen LogP contribution in [0.5, 0.6) is 0 Å². The van der Waals surface area contributed by atoms with E-state index in [1.54, 1.807) is 11.9 Å². The molecule has 0 aromatic heterocycles. The summed E-state index contributed by atoms with van der Waals surface area (Å²) in [6.07, 6.45) is 1.73. The zero-order chi connectivity index (χ0) is 15.5. The SMILES string of the molecule is CC1CC1CN(C)C(=O)NCC(CC(C)(C)C)C(=O)O. The minimum atomic E-state index is -0.848. The quantitative estimate of drug-likeness (QED) is 0.787. The number of rotatable bonds is 6. The Morgan fingerprint density at radius 1 is 1.40 bits per heavy atom. The van der Waals surface area contributed by atoms with E-state index in [0.29, 0.717) is 18.3 Å². The highest BCUT2D eigenvalue weighted by atomic mass is 16.4. The van der Waals surface area contributed by atoms with Gasteiger partial charge in [-0.25, -0.2) is 4.79 Å². The van der Waals surface area contributed by atoms with Gasteiger partial charge in [0.15, 0.2) is 0 Å². The summed E-state index contributed by atoms with van der Waals surface area (Å²) < 4.78 is 0. The summed E-state index contributed by atoms with van der Waals surface area (Å²) in [4.78, 5) is 24.8. The highest BCUT2D eigenvalue weighted by Gasteiger charge is 2.34. The number of hydrogen-bond donors (Lipinski definition) is 2. The van der Waals surface area contributed by atoms with Crippen LogP contribution in [0, 0.1) is 23.2 Å². The number of amides is 2. The highest BCUT2D eigenvalue weighted by Crippen LogP contribution is 2.37. The Morgan fingerprint density at radius 2 is 1.95 bits per heavy atom. The van der Waals surface area contributed by atoms with E-state index in [-0.39, 0.29) is 18.0 Å². The van der Waals surface area contributed by atoms with Crippen LogP contribution in [-0.4, -0.2) is 42.1 Å². The van der Waals surface area contributed by atoms with Crippen LogP contribution in [0.3, 0.4) is 0 Å². The van der Waals surface area contributed by atoms with Gasteiger partial charge >= 0.3 is 12.0 Å². The van der Waals surface area contributed by atoms with E-state index in [1.165, 1.54) is 6.42 Å². The molecule has 5 heteroatoms. The van der Waals surface area contributed by atoms with E-state index < -0.39 is 11.9 Å². The first-order valence-corrected chi connectivity index (χ1v) is 7.32.